The normalized spacial score (nSPS) is 11.5. The Bertz CT molecular complexity index is 608. The third-order valence-electron chi connectivity index (χ3n) is 3.12. The number of hydrogen-bond donors (Lipinski definition) is 2. The number of anilines is 3. The predicted molar refractivity (Wildman–Crippen MR) is 90.6 cm³/mol. The van der Waals surface area contributed by atoms with E-state index in [0.29, 0.717) is 0 Å². The van der Waals surface area contributed by atoms with Crippen molar-refractivity contribution < 1.29 is 0 Å². The Labute approximate surface area is 131 Å². The first-order valence-corrected chi connectivity index (χ1v) is 7.44. The Balaban J connectivity index is 2.24. The quantitative estimate of drug-likeness (QED) is 0.868. The van der Waals surface area contributed by atoms with Crippen molar-refractivity contribution in [2.75, 3.05) is 17.2 Å². The summed E-state index contributed by atoms with van der Waals surface area (Å²) in [7, 11) is 1.95. The van der Waals surface area contributed by atoms with Gasteiger partial charge in [0.15, 0.2) is 0 Å². The van der Waals surface area contributed by atoms with Crippen molar-refractivity contribution in [2.45, 2.75) is 27.7 Å². The van der Waals surface area contributed by atoms with E-state index in [-0.39, 0.29) is 5.41 Å². The van der Waals surface area contributed by atoms with Crippen molar-refractivity contribution in [3.8, 4) is 0 Å². The molecule has 0 amide bonds. The second kappa shape index (κ2) is 5.98. The third-order valence-corrected chi connectivity index (χ3v) is 3.37. The summed E-state index contributed by atoms with van der Waals surface area (Å²) in [6.45, 7) is 9.49. The van der Waals surface area contributed by atoms with Crippen LogP contribution in [0.15, 0.2) is 24.3 Å². The fraction of sp³-hybridized carbons (Fsp3) is 0.438. The van der Waals surface area contributed by atoms with Gasteiger partial charge < -0.3 is 10.6 Å². The number of aryl methyl sites for hydroxylation is 2. The Morgan fingerprint density at radius 1 is 1.19 bits per heavy atom. The van der Waals surface area contributed by atoms with Crippen molar-refractivity contribution in [2.24, 2.45) is 12.5 Å². The van der Waals surface area contributed by atoms with Crippen LogP contribution in [0.4, 0.5) is 17.2 Å². The highest BCUT2D eigenvalue weighted by molar-refractivity contribution is 6.30. The highest BCUT2D eigenvalue weighted by atomic mass is 35.5. The minimum absolute atomic E-state index is 0.204. The molecule has 0 aliphatic carbocycles. The topological polar surface area (TPSA) is 41.9 Å². The first kappa shape index (κ1) is 15.7. The van der Waals surface area contributed by atoms with E-state index in [1.165, 1.54) is 0 Å². The molecule has 2 aromatic rings. The van der Waals surface area contributed by atoms with Gasteiger partial charge in [0.05, 0.1) is 5.69 Å². The van der Waals surface area contributed by atoms with E-state index < -0.39 is 0 Å². The van der Waals surface area contributed by atoms with E-state index in [4.69, 9.17) is 11.6 Å². The summed E-state index contributed by atoms with van der Waals surface area (Å²) in [5.74, 6) is 0.998. The summed E-state index contributed by atoms with van der Waals surface area (Å²) in [6.07, 6.45) is 0. The zero-order chi connectivity index (χ0) is 15.6. The lowest BCUT2D eigenvalue weighted by Crippen LogP contribution is -2.20. The van der Waals surface area contributed by atoms with E-state index in [1.807, 2.05) is 42.9 Å². The maximum atomic E-state index is 5.92. The standard InChI is InChI=1S/C16H23ClN4/c1-11-14(19-13-8-6-12(17)7-9-13)15(21(5)20-11)18-10-16(2,3)4/h6-9,18-19H,10H2,1-5H3. The summed E-state index contributed by atoms with van der Waals surface area (Å²) >= 11 is 5.92. The Hall–Kier alpha value is -1.68. The van der Waals surface area contributed by atoms with Crippen LogP contribution in [0.3, 0.4) is 0 Å². The van der Waals surface area contributed by atoms with Gasteiger partial charge in [-0.2, -0.15) is 5.10 Å². The van der Waals surface area contributed by atoms with Crippen LogP contribution in [-0.4, -0.2) is 16.3 Å². The van der Waals surface area contributed by atoms with Crippen molar-refractivity contribution in [3.63, 3.8) is 0 Å². The largest absolute Gasteiger partial charge is 0.368 e. The SMILES string of the molecule is Cc1nn(C)c(NCC(C)(C)C)c1Nc1ccc(Cl)cc1. The van der Waals surface area contributed by atoms with E-state index in [0.717, 1.165) is 34.5 Å². The molecule has 0 saturated heterocycles. The Kier molecular flexibility index (Phi) is 4.47. The fourth-order valence-electron chi connectivity index (χ4n) is 2.04. The molecule has 0 aliphatic rings. The highest BCUT2D eigenvalue weighted by Crippen LogP contribution is 2.30. The molecular weight excluding hydrogens is 284 g/mol. The van der Waals surface area contributed by atoms with Crippen molar-refractivity contribution >= 4 is 28.8 Å². The first-order chi connectivity index (χ1) is 9.76. The summed E-state index contributed by atoms with van der Waals surface area (Å²) in [6, 6.07) is 7.67. The van der Waals surface area contributed by atoms with Crippen molar-refractivity contribution in [1.82, 2.24) is 9.78 Å². The van der Waals surface area contributed by atoms with Crippen LogP contribution >= 0.6 is 11.6 Å². The first-order valence-electron chi connectivity index (χ1n) is 7.06. The zero-order valence-corrected chi connectivity index (χ0v) is 14.0. The lowest BCUT2D eigenvalue weighted by molar-refractivity contribution is 0.441. The van der Waals surface area contributed by atoms with Crippen LogP contribution in [0.25, 0.3) is 0 Å². The molecule has 5 heteroatoms. The summed E-state index contributed by atoms with van der Waals surface area (Å²) in [4.78, 5) is 0. The van der Waals surface area contributed by atoms with Gasteiger partial charge in [-0.1, -0.05) is 32.4 Å². The molecule has 1 aromatic heterocycles. The van der Waals surface area contributed by atoms with Crippen LogP contribution < -0.4 is 10.6 Å². The zero-order valence-electron chi connectivity index (χ0n) is 13.3. The average molecular weight is 307 g/mol. The minimum Gasteiger partial charge on any atom is -0.368 e. The van der Waals surface area contributed by atoms with Gasteiger partial charge in [0, 0.05) is 24.3 Å². The molecule has 2 N–H and O–H groups in total. The van der Waals surface area contributed by atoms with Gasteiger partial charge in [0.1, 0.15) is 11.5 Å². The number of hydrogen-bond acceptors (Lipinski definition) is 3. The summed E-state index contributed by atoms with van der Waals surface area (Å²) in [5.41, 5.74) is 3.16. The van der Waals surface area contributed by atoms with Crippen LogP contribution in [0.2, 0.25) is 5.02 Å². The second-order valence-corrected chi connectivity index (χ2v) is 6.92. The highest BCUT2D eigenvalue weighted by Gasteiger charge is 2.16. The lowest BCUT2D eigenvalue weighted by Gasteiger charge is -2.20. The molecule has 4 nitrogen and oxygen atoms in total. The van der Waals surface area contributed by atoms with E-state index in [9.17, 15) is 0 Å². The van der Waals surface area contributed by atoms with Gasteiger partial charge in [-0.05, 0) is 36.6 Å². The number of aromatic nitrogens is 2. The molecule has 0 spiro atoms. The molecule has 1 heterocycles. The third kappa shape index (κ3) is 4.14. The second-order valence-electron chi connectivity index (χ2n) is 6.48. The molecule has 1 aromatic carbocycles. The number of halogens is 1. The molecule has 21 heavy (non-hydrogen) atoms. The summed E-state index contributed by atoms with van der Waals surface area (Å²) < 4.78 is 1.87. The van der Waals surface area contributed by atoms with Crippen LogP contribution in [0.1, 0.15) is 26.5 Å². The molecule has 0 fully saturated rings. The van der Waals surface area contributed by atoms with E-state index in [2.05, 4.69) is 36.5 Å². The Morgan fingerprint density at radius 3 is 2.38 bits per heavy atom. The van der Waals surface area contributed by atoms with Gasteiger partial charge in [-0.15, -0.1) is 0 Å². The molecule has 0 unspecified atom stereocenters. The lowest BCUT2D eigenvalue weighted by atomic mass is 9.97. The van der Waals surface area contributed by atoms with Gasteiger partial charge in [-0.3, -0.25) is 4.68 Å². The maximum absolute atomic E-state index is 5.92. The van der Waals surface area contributed by atoms with E-state index in [1.54, 1.807) is 0 Å². The van der Waals surface area contributed by atoms with Crippen molar-refractivity contribution in [3.05, 3.63) is 35.0 Å². The average Bonchev–Trinajstić information content (AvgIpc) is 2.64. The van der Waals surface area contributed by atoms with Crippen LogP contribution in [0.5, 0.6) is 0 Å². The molecule has 0 saturated carbocycles. The van der Waals surface area contributed by atoms with Gasteiger partial charge >= 0.3 is 0 Å². The monoisotopic (exact) mass is 306 g/mol. The minimum atomic E-state index is 0.204. The van der Waals surface area contributed by atoms with Crippen molar-refractivity contribution in [1.29, 1.82) is 0 Å². The molecular formula is C16H23ClN4. The molecule has 114 valence electrons. The smallest absolute Gasteiger partial charge is 0.148 e. The van der Waals surface area contributed by atoms with E-state index >= 15 is 0 Å². The number of benzene rings is 1. The fourth-order valence-corrected chi connectivity index (χ4v) is 2.16. The Morgan fingerprint density at radius 2 is 1.81 bits per heavy atom. The molecule has 0 radical (unpaired) electrons. The number of nitrogens with zero attached hydrogens (tertiary/aromatic N) is 2. The van der Waals surface area contributed by atoms with Gasteiger partial charge in [0.2, 0.25) is 0 Å². The predicted octanol–water partition coefficient (Wildman–Crippen LogP) is 4.58. The van der Waals surface area contributed by atoms with Crippen LogP contribution in [0, 0.1) is 12.3 Å². The van der Waals surface area contributed by atoms with Gasteiger partial charge in [-0.25, -0.2) is 0 Å². The van der Waals surface area contributed by atoms with Crippen LogP contribution in [-0.2, 0) is 7.05 Å². The molecule has 0 bridgehead atoms. The molecule has 0 atom stereocenters. The molecule has 2 rings (SSSR count). The maximum Gasteiger partial charge on any atom is 0.148 e. The van der Waals surface area contributed by atoms with Gasteiger partial charge in [0.25, 0.3) is 0 Å². The number of rotatable bonds is 4. The summed E-state index contributed by atoms with van der Waals surface area (Å²) in [5, 5.41) is 12.1. The number of nitrogens with one attached hydrogen (secondary N) is 2. The molecule has 0 aliphatic heterocycles.